The van der Waals surface area contributed by atoms with Gasteiger partial charge in [-0.05, 0) is 30.4 Å². The molecule has 0 saturated heterocycles. The van der Waals surface area contributed by atoms with Crippen LogP contribution in [0.5, 0.6) is 0 Å². The number of amides is 1. The quantitative estimate of drug-likeness (QED) is 0.551. The Hall–Kier alpha value is -2.39. The molecule has 2 aromatic carbocycles. The van der Waals surface area contributed by atoms with E-state index in [1.165, 1.54) is 0 Å². The fraction of sp³-hybridized carbons (Fsp3) is 0.273. The summed E-state index contributed by atoms with van der Waals surface area (Å²) >= 11 is 6.42. The summed E-state index contributed by atoms with van der Waals surface area (Å²) in [5.41, 5.74) is 2.07. The molecule has 0 spiro atoms. The Morgan fingerprint density at radius 2 is 1.65 bits per heavy atom. The van der Waals surface area contributed by atoms with Crippen LogP contribution in [-0.2, 0) is 0 Å². The average molecular weight is 366 g/mol. The van der Waals surface area contributed by atoms with Crippen molar-refractivity contribution in [2.45, 2.75) is 26.7 Å². The number of hydrogen-bond acceptors (Lipinski definition) is 2. The fourth-order valence-corrected chi connectivity index (χ4v) is 3.41. The first-order valence-electron chi connectivity index (χ1n) is 9.09. The van der Waals surface area contributed by atoms with Gasteiger partial charge in [0.1, 0.15) is 5.69 Å². The van der Waals surface area contributed by atoms with Crippen LogP contribution in [0.15, 0.2) is 54.6 Å². The van der Waals surface area contributed by atoms with Gasteiger partial charge in [-0.2, -0.15) is 0 Å². The van der Waals surface area contributed by atoms with E-state index in [1.54, 1.807) is 0 Å². The third kappa shape index (κ3) is 3.73. The van der Waals surface area contributed by atoms with E-state index in [0.29, 0.717) is 10.7 Å². The summed E-state index contributed by atoms with van der Waals surface area (Å²) in [5, 5.41) is 2.62. The maximum absolute atomic E-state index is 13.1. The van der Waals surface area contributed by atoms with Crippen LogP contribution >= 0.6 is 11.6 Å². The summed E-state index contributed by atoms with van der Waals surface area (Å²) in [6, 6.07) is 17.5. The largest absolute Gasteiger partial charge is 0.337 e. The second-order valence-corrected chi connectivity index (χ2v) is 6.76. The third-order valence-corrected chi connectivity index (χ3v) is 4.69. The van der Waals surface area contributed by atoms with Crippen LogP contribution in [0.4, 0.5) is 0 Å². The number of carbonyl (C=O) groups excluding carboxylic acids is 1. The van der Waals surface area contributed by atoms with E-state index in [4.69, 9.17) is 16.6 Å². The Morgan fingerprint density at radius 3 is 2.35 bits per heavy atom. The number of pyridine rings is 1. The maximum Gasteiger partial charge on any atom is 0.272 e. The number of carbonyl (C=O) groups is 1. The van der Waals surface area contributed by atoms with E-state index >= 15 is 0 Å². The summed E-state index contributed by atoms with van der Waals surface area (Å²) in [6.45, 7) is 5.64. The van der Waals surface area contributed by atoms with E-state index in [-0.39, 0.29) is 5.91 Å². The van der Waals surface area contributed by atoms with Crippen molar-refractivity contribution in [3.05, 3.63) is 65.3 Å². The third-order valence-electron chi connectivity index (χ3n) is 4.36. The summed E-state index contributed by atoms with van der Waals surface area (Å²) in [7, 11) is 0. The van der Waals surface area contributed by atoms with Crippen molar-refractivity contribution < 1.29 is 4.79 Å². The van der Waals surface area contributed by atoms with Gasteiger partial charge in [-0.3, -0.25) is 4.79 Å². The van der Waals surface area contributed by atoms with Crippen LogP contribution in [0.3, 0.4) is 0 Å². The zero-order valence-electron chi connectivity index (χ0n) is 15.2. The zero-order chi connectivity index (χ0) is 18.5. The van der Waals surface area contributed by atoms with Gasteiger partial charge in [0.25, 0.3) is 5.91 Å². The standard InChI is InChI=1S/C22H23ClN2O/c1-3-13-25(14-4-2)22(26)20-15-16-9-5-6-10-17(16)21(24-20)18-11-7-8-12-19(18)23/h5-12,15H,3-4,13-14H2,1-2H3/i22-1. The van der Waals surface area contributed by atoms with E-state index in [0.717, 1.165) is 48.0 Å². The number of rotatable bonds is 6. The molecule has 0 aliphatic rings. The van der Waals surface area contributed by atoms with Crippen LogP contribution in [-0.4, -0.2) is 28.9 Å². The number of halogens is 1. The van der Waals surface area contributed by atoms with Gasteiger partial charge in [0.15, 0.2) is 0 Å². The minimum atomic E-state index is -0.0206. The SMILES string of the molecule is CCCN(CCC)[11C](=O)c1cc2ccccc2c(-c2ccccc2Cl)n1. The Morgan fingerprint density at radius 1 is 1.00 bits per heavy atom. The Labute approximate surface area is 159 Å². The van der Waals surface area contributed by atoms with Crippen molar-refractivity contribution in [2.75, 3.05) is 13.1 Å². The molecule has 3 nitrogen and oxygen atoms in total. The lowest BCUT2D eigenvalue weighted by atomic mass is 9.88. The minimum Gasteiger partial charge on any atom is -0.337 e. The second kappa shape index (κ2) is 8.33. The number of hydrogen-bond donors (Lipinski definition) is 0. The van der Waals surface area contributed by atoms with Gasteiger partial charge >= 0.3 is 0 Å². The van der Waals surface area contributed by atoms with Crippen LogP contribution in [0.1, 0.15) is 37.2 Å². The van der Waals surface area contributed by atoms with Crippen LogP contribution in [0.2, 0.25) is 5.02 Å². The number of aromatic nitrogens is 1. The molecule has 4 heteroatoms. The van der Waals surface area contributed by atoms with Gasteiger partial charge < -0.3 is 4.90 Å². The first kappa shape index (κ1) is 18.4. The summed E-state index contributed by atoms with van der Waals surface area (Å²) < 4.78 is 0. The van der Waals surface area contributed by atoms with Crippen molar-refractivity contribution in [3.63, 3.8) is 0 Å². The van der Waals surface area contributed by atoms with Gasteiger partial charge in [-0.15, -0.1) is 0 Å². The smallest absolute Gasteiger partial charge is 0.272 e. The van der Waals surface area contributed by atoms with Gasteiger partial charge in [0.05, 0.1) is 5.69 Å². The molecule has 26 heavy (non-hydrogen) atoms. The second-order valence-electron chi connectivity index (χ2n) is 6.35. The fourth-order valence-electron chi connectivity index (χ4n) is 3.18. The summed E-state index contributed by atoms with van der Waals surface area (Å²) in [4.78, 5) is 19.7. The molecule has 1 aromatic heterocycles. The highest BCUT2D eigenvalue weighted by atomic mass is 35.5. The number of nitrogens with zero attached hydrogens (tertiary/aromatic N) is 2. The first-order valence-corrected chi connectivity index (χ1v) is 9.47. The monoisotopic (exact) mass is 365 g/mol. The minimum absolute atomic E-state index is 0.0206. The van der Waals surface area contributed by atoms with Crippen LogP contribution in [0.25, 0.3) is 22.0 Å². The van der Waals surface area contributed by atoms with E-state index in [1.807, 2.05) is 59.5 Å². The highest BCUT2D eigenvalue weighted by molar-refractivity contribution is 6.33. The molecule has 0 unspecified atom stereocenters. The molecule has 0 atom stereocenters. The van der Waals surface area contributed by atoms with Gasteiger partial charge in [-0.25, -0.2) is 4.98 Å². The van der Waals surface area contributed by atoms with E-state index in [9.17, 15) is 4.79 Å². The van der Waals surface area contributed by atoms with Gasteiger partial charge in [0.2, 0.25) is 0 Å². The summed E-state index contributed by atoms with van der Waals surface area (Å²) in [6.07, 6.45) is 1.85. The van der Waals surface area contributed by atoms with E-state index in [2.05, 4.69) is 13.8 Å². The van der Waals surface area contributed by atoms with Crippen molar-refractivity contribution in [1.29, 1.82) is 0 Å². The van der Waals surface area contributed by atoms with Gasteiger partial charge in [0, 0.05) is 29.1 Å². The molecular weight excluding hydrogens is 343 g/mol. The predicted molar refractivity (Wildman–Crippen MR) is 109 cm³/mol. The Bertz CT molecular complexity index is 917. The average Bonchev–Trinajstić information content (AvgIpc) is 2.67. The maximum atomic E-state index is 13.1. The van der Waals surface area contributed by atoms with Crippen molar-refractivity contribution in [2.24, 2.45) is 0 Å². The lowest BCUT2D eigenvalue weighted by Gasteiger charge is -2.21. The predicted octanol–water partition coefficient (Wildman–Crippen LogP) is 5.82. The Kier molecular flexibility index (Phi) is 5.89. The van der Waals surface area contributed by atoms with Crippen molar-refractivity contribution in [1.82, 2.24) is 9.88 Å². The molecule has 0 fully saturated rings. The molecule has 0 radical (unpaired) electrons. The molecule has 0 aliphatic heterocycles. The van der Waals surface area contributed by atoms with Crippen LogP contribution < -0.4 is 0 Å². The molecular formula is C22H23ClN2O. The lowest BCUT2D eigenvalue weighted by Crippen LogP contribution is -2.33. The molecule has 0 N–H and O–H groups in total. The van der Waals surface area contributed by atoms with E-state index < -0.39 is 0 Å². The lowest BCUT2D eigenvalue weighted by molar-refractivity contribution is 0.0750. The molecule has 0 saturated carbocycles. The van der Waals surface area contributed by atoms with Gasteiger partial charge in [-0.1, -0.05) is 67.9 Å². The first-order chi connectivity index (χ1) is 12.7. The molecule has 0 bridgehead atoms. The Balaban J connectivity index is 2.16. The number of fused-ring (bicyclic) bond motifs is 1. The van der Waals surface area contributed by atoms with Crippen LogP contribution in [0, 0.1) is 0 Å². The summed E-state index contributed by atoms with van der Waals surface area (Å²) in [5.74, 6) is -0.0206. The molecule has 3 aromatic rings. The number of benzene rings is 2. The highest BCUT2D eigenvalue weighted by Crippen LogP contribution is 2.32. The molecule has 1 heterocycles. The molecule has 3 rings (SSSR count). The molecule has 1 amide bonds. The highest BCUT2D eigenvalue weighted by Gasteiger charge is 2.19. The van der Waals surface area contributed by atoms with Crippen molar-refractivity contribution >= 4 is 28.3 Å². The topological polar surface area (TPSA) is 33.2 Å². The zero-order valence-corrected chi connectivity index (χ0v) is 16.0. The van der Waals surface area contributed by atoms with Crippen molar-refractivity contribution in [3.8, 4) is 11.3 Å². The normalized spacial score (nSPS) is 10.9. The molecule has 134 valence electrons. The molecule has 0 aliphatic carbocycles.